The van der Waals surface area contributed by atoms with E-state index in [2.05, 4.69) is 4.99 Å². The molecule has 0 aliphatic rings. The molecule has 0 radical (unpaired) electrons. The first-order valence-electron chi connectivity index (χ1n) is 4.62. The monoisotopic (exact) mass is 193 g/mol. The number of carbonyl (C=O) groups excluding carboxylic acids is 1. The van der Waals surface area contributed by atoms with Crippen molar-refractivity contribution < 1.29 is 9.18 Å². The van der Waals surface area contributed by atoms with E-state index in [1.165, 1.54) is 18.2 Å². The molecular formula is C11H12FNO. The van der Waals surface area contributed by atoms with E-state index < -0.39 is 0 Å². The van der Waals surface area contributed by atoms with Crippen LogP contribution >= 0.6 is 0 Å². The smallest absolute Gasteiger partial charge is 0.211 e. The highest BCUT2D eigenvalue weighted by Crippen LogP contribution is 2.26. The summed E-state index contributed by atoms with van der Waals surface area (Å²) in [6.07, 6.45) is 2.82. The normalized spacial score (nSPS) is 9.64. The van der Waals surface area contributed by atoms with Crippen molar-refractivity contribution in [2.75, 3.05) is 0 Å². The molecule has 0 bridgehead atoms. The van der Waals surface area contributed by atoms with Crippen LogP contribution in [0.2, 0.25) is 0 Å². The van der Waals surface area contributed by atoms with E-state index in [1.54, 1.807) is 0 Å². The molecule has 0 heterocycles. The van der Waals surface area contributed by atoms with Crippen molar-refractivity contribution >= 4 is 11.8 Å². The zero-order valence-electron chi connectivity index (χ0n) is 8.30. The number of isocyanates is 1. The van der Waals surface area contributed by atoms with E-state index in [9.17, 15) is 9.18 Å². The van der Waals surface area contributed by atoms with Gasteiger partial charge in [-0.15, -0.1) is 0 Å². The summed E-state index contributed by atoms with van der Waals surface area (Å²) < 4.78 is 13.1. The summed E-state index contributed by atoms with van der Waals surface area (Å²) in [4.78, 5) is 13.8. The number of rotatable bonds is 3. The zero-order valence-corrected chi connectivity index (χ0v) is 8.30. The van der Waals surface area contributed by atoms with Crippen LogP contribution < -0.4 is 0 Å². The molecule has 0 unspecified atom stereocenters. The Balaban J connectivity index is 3.39. The van der Waals surface area contributed by atoms with Crippen LogP contribution in [0.25, 0.3) is 0 Å². The highest BCUT2D eigenvalue weighted by molar-refractivity contribution is 5.59. The lowest BCUT2D eigenvalue weighted by molar-refractivity contribution is 0.565. The zero-order chi connectivity index (χ0) is 10.6. The molecule has 0 aliphatic heterocycles. The van der Waals surface area contributed by atoms with Crippen LogP contribution in [-0.4, -0.2) is 6.08 Å². The second-order valence-corrected chi connectivity index (χ2v) is 2.98. The van der Waals surface area contributed by atoms with Crippen molar-refractivity contribution in [3.05, 3.63) is 29.1 Å². The van der Waals surface area contributed by atoms with Gasteiger partial charge in [0.05, 0.1) is 5.69 Å². The average molecular weight is 193 g/mol. The van der Waals surface area contributed by atoms with E-state index in [1.807, 2.05) is 13.8 Å². The van der Waals surface area contributed by atoms with Gasteiger partial charge in [0.2, 0.25) is 6.08 Å². The van der Waals surface area contributed by atoms with E-state index in [0.29, 0.717) is 18.5 Å². The molecule has 1 aromatic carbocycles. The molecule has 2 nitrogen and oxygen atoms in total. The largest absolute Gasteiger partial charge is 0.240 e. The third-order valence-corrected chi connectivity index (χ3v) is 2.15. The maximum atomic E-state index is 13.1. The van der Waals surface area contributed by atoms with Crippen molar-refractivity contribution in [3.8, 4) is 0 Å². The first-order chi connectivity index (χ1) is 6.72. The van der Waals surface area contributed by atoms with E-state index >= 15 is 0 Å². The summed E-state index contributed by atoms with van der Waals surface area (Å²) in [6, 6.07) is 2.82. The summed E-state index contributed by atoms with van der Waals surface area (Å²) in [5.74, 6) is -0.274. The quantitative estimate of drug-likeness (QED) is 0.536. The number of aryl methyl sites for hydroxylation is 2. The molecule has 1 aromatic rings. The average Bonchev–Trinajstić information content (AvgIpc) is 2.20. The Morgan fingerprint density at radius 2 is 1.79 bits per heavy atom. The third kappa shape index (κ3) is 2.06. The lowest BCUT2D eigenvalue weighted by Gasteiger charge is -2.07. The number of hydrogen-bond acceptors (Lipinski definition) is 2. The minimum Gasteiger partial charge on any atom is -0.211 e. The minimum atomic E-state index is -0.274. The Hall–Kier alpha value is -1.47. The molecule has 14 heavy (non-hydrogen) atoms. The van der Waals surface area contributed by atoms with Gasteiger partial charge in [0.15, 0.2) is 0 Å². The van der Waals surface area contributed by atoms with Gasteiger partial charge in [0.1, 0.15) is 5.82 Å². The fourth-order valence-electron chi connectivity index (χ4n) is 1.45. The molecule has 1 rings (SSSR count). The first-order valence-corrected chi connectivity index (χ1v) is 4.62. The molecule has 3 heteroatoms. The van der Waals surface area contributed by atoms with Gasteiger partial charge in [-0.1, -0.05) is 13.8 Å². The third-order valence-electron chi connectivity index (χ3n) is 2.15. The molecule has 0 saturated carbocycles. The second kappa shape index (κ2) is 4.68. The Morgan fingerprint density at radius 1 is 1.29 bits per heavy atom. The Labute approximate surface area is 82.5 Å². The molecule has 0 amide bonds. The number of halogens is 1. The fourth-order valence-corrected chi connectivity index (χ4v) is 1.45. The van der Waals surface area contributed by atoms with Crippen molar-refractivity contribution in [1.82, 2.24) is 0 Å². The Kier molecular flexibility index (Phi) is 3.55. The maximum Gasteiger partial charge on any atom is 0.240 e. The van der Waals surface area contributed by atoms with Crippen molar-refractivity contribution in [3.63, 3.8) is 0 Å². The summed E-state index contributed by atoms with van der Waals surface area (Å²) in [5, 5.41) is 0. The number of nitrogens with zero attached hydrogens (tertiary/aromatic N) is 1. The summed E-state index contributed by atoms with van der Waals surface area (Å²) in [6.45, 7) is 3.80. The molecular weight excluding hydrogens is 181 g/mol. The molecule has 0 saturated heterocycles. The summed E-state index contributed by atoms with van der Waals surface area (Å²) >= 11 is 0. The summed E-state index contributed by atoms with van der Waals surface area (Å²) in [7, 11) is 0. The van der Waals surface area contributed by atoms with Gasteiger partial charge in [-0.05, 0) is 36.1 Å². The van der Waals surface area contributed by atoms with Crippen molar-refractivity contribution in [2.45, 2.75) is 26.7 Å². The van der Waals surface area contributed by atoms with Crippen molar-refractivity contribution in [2.24, 2.45) is 4.99 Å². The van der Waals surface area contributed by atoms with Crippen molar-refractivity contribution in [1.29, 1.82) is 0 Å². The molecule has 0 aliphatic carbocycles. The number of hydrogen-bond donors (Lipinski definition) is 0. The van der Waals surface area contributed by atoms with Gasteiger partial charge >= 0.3 is 0 Å². The van der Waals surface area contributed by atoms with Gasteiger partial charge in [0.25, 0.3) is 0 Å². The SMILES string of the molecule is CCc1cc(F)cc(CC)c1N=C=O. The van der Waals surface area contributed by atoms with Crippen LogP contribution in [0.15, 0.2) is 17.1 Å². The van der Waals surface area contributed by atoms with Gasteiger partial charge < -0.3 is 0 Å². The minimum absolute atomic E-state index is 0.274. The van der Waals surface area contributed by atoms with E-state index in [0.717, 1.165) is 11.1 Å². The number of aliphatic imine (C=N–C) groups is 1. The van der Waals surface area contributed by atoms with E-state index in [4.69, 9.17) is 0 Å². The standard InChI is InChI=1S/C11H12FNO/c1-3-8-5-10(12)6-9(4-2)11(8)13-7-14/h5-6H,3-4H2,1-2H3. The topological polar surface area (TPSA) is 29.4 Å². The van der Waals surface area contributed by atoms with Gasteiger partial charge in [-0.3, -0.25) is 0 Å². The van der Waals surface area contributed by atoms with Crippen LogP contribution in [0, 0.1) is 5.82 Å². The van der Waals surface area contributed by atoms with Crippen LogP contribution in [0.3, 0.4) is 0 Å². The highest BCUT2D eigenvalue weighted by Gasteiger charge is 2.07. The van der Waals surface area contributed by atoms with Gasteiger partial charge in [0, 0.05) is 0 Å². The first kappa shape index (κ1) is 10.6. The molecule has 0 fully saturated rings. The van der Waals surface area contributed by atoms with Gasteiger partial charge in [-0.25, -0.2) is 9.18 Å². The molecule has 74 valence electrons. The molecule has 0 spiro atoms. The lowest BCUT2D eigenvalue weighted by atomic mass is 10.0. The van der Waals surface area contributed by atoms with Gasteiger partial charge in [-0.2, -0.15) is 4.99 Å². The Morgan fingerprint density at radius 3 is 2.14 bits per heavy atom. The summed E-state index contributed by atoms with van der Waals surface area (Å²) in [5.41, 5.74) is 2.09. The number of benzene rings is 1. The van der Waals surface area contributed by atoms with Crippen LogP contribution in [0.4, 0.5) is 10.1 Å². The molecule has 0 atom stereocenters. The van der Waals surface area contributed by atoms with Crippen LogP contribution in [-0.2, 0) is 17.6 Å². The van der Waals surface area contributed by atoms with Crippen LogP contribution in [0.1, 0.15) is 25.0 Å². The lowest BCUT2D eigenvalue weighted by Crippen LogP contribution is -1.91. The maximum absolute atomic E-state index is 13.1. The highest BCUT2D eigenvalue weighted by atomic mass is 19.1. The fraction of sp³-hybridized carbons (Fsp3) is 0.364. The predicted molar refractivity (Wildman–Crippen MR) is 52.9 cm³/mol. The van der Waals surface area contributed by atoms with E-state index in [-0.39, 0.29) is 5.82 Å². The molecule has 0 N–H and O–H groups in total. The Bertz CT molecular complexity index is 356. The predicted octanol–water partition coefficient (Wildman–Crippen LogP) is 2.92. The molecule has 0 aromatic heterocycles. The second-order valence-electron chi connectivity index (χ2n) is 2.98. The van der Waals surface area contributed by atoms with Crippen LogP contribution in [0.5, 0.6) is 0 Å².